The van der Waals surface area contributed by atoms with E-state index in [2.05, 4.69) is 6.92 Å². The SMILES string of the molecule is CCCCOCCOCCOC(=O)CC(C(=O)OCCOCCOCCCC)S(=O)(=O)[O-].[Na+]. The molecule has 11 nitrogen and oxygen atoms in total. The minimum atomic E-state index is -5.10. The zero-order chi connectivity index (χ0) is 24.1. The van der Waals surface area contributed by atoms with Gasteiger partial charge in [-0.15, -0.1) is 0 Å². The van der Waals surface area contributed by atoms with E-state index in [1.165, 1.54) is 0 Å². The van der Waals surface area contributed by atoms with Crippen molar-refractivity contribution in [3.63, 3.8) is 0 Å². The van der Waals surface area contributed by atoms with E-state index in [1.54, 1.807) is 0 Å². The van der Waals surface area contributed by atoms with Crippen LogP contribution >= 0.6 is 0 Å². The summed E-state index contributed by atoms with van der Waals surface area (Å²) in [7, 11) is -5.10. The van der Waals surface area contributed by atoms with Gasteiger partial charge in [-0.1, -0.05) is 26.7 Å². The Morgan fingerprint density at radius 1 is 0.697 bits per heavy atom. The number of carbonyl (C=O) groups is 2. The normalized spacial score (nSPS) is 12.1. The van der Waals surface area contributed by atoms with Gasteiger partial charge in [-0.25, -0.2) is 8.42 Å². The number of carbonyl (C=O) groups excluding carboxylic acids is 2. The average Bonchev–Trinajstić information content (AvgIpc) is 2.74. The largest absolute Gasteiger partial charge is 1.00 e. The van der Waals surface area contributed by atoms with E-state index in [4.69, 9.17) is 28.4 Å². The van der Waals surface area contributed by atoms with Gasteiger partial charge >= 0.3 is 41.5 Å². The first-order valence-electron chi connectivity index (χ1n) is 10.9. The van der Waals surface area contributed by atoms with Crippen LogP contribution in [0.4, 0.5) is 0 Å². The van der Waals surface area contributed by atoms with E-state index in [0.717, 1.165) is 25.7 Å². The van der Waals surface area contributed by atoms with E-state index >= 15 is 0 Å². The van der Waals surface area contributed by atoms with Crippen molar-refractivity contribution in [2.45, 2.75) is 51.2 Å². The second kappa shape index (κ2) is 23.4. The maximum Gasteiger partial charge on any atom is 1.00 e. The van der Waals surface area contributed by atoms with Gasteiger partial charge in [-0.05, 0) is 12.8 Å². The molecule has 0 rings (SSSR count). The van der Waals surface area contributed by atoms with Crippen LogP contribution in [0.15, 0.2) is 0 Å². The van der Waals surface area contributed by atoms with Crippen LogP contribution in [0.2, 0.25) is 0 Å². The second-order valence-corrected chi connectivity index (χ2v) is 8.28. The van der Waals surface area contributed by atoms with Gasteiger partial charge in [0, 0.05) is 13.2 Å². The van der Waals surface area contributed by atoms with Crippen molar-refractivity contribution in [2.75, 3.05) is 66.1 Å². The molecular formula is C20H37NaO11S. The second-order valence-electron chi connectivity index (χ2n) is 6.73. The molecule has 1 atom stereocenters. The molecule has 0 aliphatic rings. The molecule has 0 aromatic rings. The van der Waals surface area contributed by atoms with Gasteiger partial charge < -0.3 is 33.0 Å². The van der Waals surface area contributed by atoms with Gasteiger partial charge in [0.2, 0.25) is 0 Å². The van der Waals surface area contributed by atoms with E-state index in [-0.39, 0.29) is 62.6 Å². The number of rotatable bonds is 22. The van der Waals surface area contributed by atoms with Crippen molar-refractivity contribution < 1.29 is 80.5 Å². The summed E-state index contributed by atoms with van der Waals surface area (Å²) in [6.45, 7) is 6.43. The van der Waals surface area contributed by atoms with E-state index < -0.39 is 33.7 Å². The molecule has 0 aliphatic carbocycles. The number of hydrogen-bond donors (Lipinski definition) is 0. The Labute approximate surface area is 219 Å². The first kappa shape index (κ1) is 34.9. The predicted molar refractivity (Wildman–Crippen MR) is 113 cm³/mol. The van der Waals surface area contributed by atoms with E-state index in [1.807, 2.05) is 6.92 Å². The van der Waals surface area contributed by atoms with Crippen molar-refractivity contribution in [3.05, 3.63) is 0 Å². The summed E-state index contributed by atoms with van der Waals surface area (Å²) in [6, 6.07) is 0. The summed E-state index contributed by atoms with van der Waals surface area (Å²) < 4.78 is 64.5. The third kappa shape index (κ3) is 21.9. The maximum atomic E-state index is 11.9. The summed E-state index contributed by atoms with van der Waals surface area (Å²) in [4.78, 5) is 23.7. The number of hydrogen-bond acceptors (Lipinski definition) is 11. The van der Waals surface area contributed by atoms with Crippen LogP contribution in [0, 0.1) is 0 Å². The molecule has 1 unspecified atom stereocenters. The number of esters is 2. The molecule has 0 saturated heterocycles. The molecule has 0 aromatic carbocycles. The smallest absolute Gasteiger partial charge is 0.747 e. The quantitative estimate of drug-likeness (QED) is 0.0695. The van der Waals surface area contributed by atoms with E-state index in [9.17, 15) is 22.6 Å². The van der Waals surface area contributed by atoms with Gasteiger partial charge in [-0.2, -0.15) is 0 Å². The topological polar surface area (TPSA) is 147 Å². The molecule has 13 heteroatoms. The average molecular weight is 509 g/mol. The molecule has 0 saturated carbocycles. The number of ether oxygens (including phenoxy) is 6. The Kier molecular flexibility index (Phi) is 24.7. The Morgan fingerprint density at radius 3 is 1.52 bits per heavy atom. The fourth-order valence-electron chi connectivity index (χ4n) is 2.16. The zero-order valence-corrected chi connectivity index (χ0v) is 22.9. The summed E-state index contributed by atoms with van der Waals surface area (Å²) in [5.74, 6) is -2.34. The van der Waals surface area contributed by atoms with Gasteiger partial charge in [0.15, 0.2) is 5.25 Å². The van der Waals surface area contributed by atoms with Gasteiger partial charge in [0.05, 0.1) is 46.1 Å². The molecule has 190 valence electrons. The Morgan fingerprint density at radius 2 is 1.09 bits per heavy atom. The van der Waals surface area contributed by atoms with Crippen LogP contribution < -0.4 is 29.6 Å². The van der Waals surface area contributed by atoms with Crippen molar-refractivity contribution >= 4 is 22.1 Å². The molecule has 0 amide bonds. The monoisotopic (exact) mass is 508 g/mol. The van der Waals surface area contributed by atoms with Gasteiger partial charge in [0.25, 0.3) is 0 Å². The molecule has 0 aromatic heterocycles. The van der Waals surface area contributed by atoms with Crippen molar-refractivity contribution in [1.82, 2.24) is 0 Å². The molecular weight excluding hydrogens is 471 g/mol. The summed E-state index contributed by atoms with van der Waals surface area (Å²) >= 11 is 0. The number of unbranched alkanes of at least 4 members (excludes halogenated alkanes) is 2. The first-order valence-corrected chi connectivity index (χ1v) is 12.4. The molecule has 0 aliphatic heterocycles. The molecule has 0 bridgehead atoms. The van der Waals surface area contributed by atoms with Crippen molar-refractivity contribution in [3.8, 4) is 0 Å². The van der Waals surface area contributed by atoms with Gasteiger partial charge in [-0.3, -0.25) is 9.59 Å². The third-order valence-corrected chi connectivity index (χ3v) is 5.01. The van der Waals surface area contributed by atoms with Crippen LogP contribution in [-0.4, -0.2) is 96.2 Å². The first-order chi connectivity index (χ1) is 15.3. The summed E-state index contributed by atoms with van der Waals surface area (Å²) in [5.41, 5.74) is 0. The molecule has 0 spiro atoms. The molecule has 0 fully saturated rings. The van der Waals surface area contributed by atoms with E-state index in [0.29, 0.717) is 33.0 Å². The molecule has 0 N–H and O–H groups in total. The molecule has 0 heterocycles. The Bertz CT molecular complexity index is 587. The fourth-order valence-corrected chi connectivity index (χ4v) is 2.80. The van der Waals surface area contributed by atoms with Crippen LogP contribution in [0.3, 0.4) is 0 Å². The molecule has 0 radical (unpaired) electrons. The molecule has 33 heavy (non-hydrogen) atoms. The van der Waals surface area contributed by atoms with Crippen molar-refractivity contribution in [1.29, 1.82) is 0 Å². The van der Waals surface area contributed by atoms with Crippen LogP contribution in [-0.2, 0) is 48.1 Å². The minimum absolute atomic E-state index is 0. The maximum absolute atomic E-state index is 11.9. The third-order valence-electron chi connectivity index (χ3n) is 3.95. The Balaban J connectivity index is 0. The van der Waals surface area contributed by atoms with Crippen LogP contribution in [0.5, 0.6) is 0 Å². The summed E-state index contributed by atoms with van der Waals surface area (Å²) in [5, 5.41) is -2.18. The predicted octanol–water partition coefficient (Wildman–Crippen LogP) is -1.95. The van der Waals surface area contributed by atoms with Crippen molar-refractivity contribution in [2.24, 2.45) is 0 Å². The standard InChI is InChI=1S/C20H38O11S.Na/c1-3-5-7-26-9-11-28-13-15-30-19(21)17-18(32(23,24)25)20(22)31-16-14-29-12-10-27-8-6-4-2;/h18H,3-17H2,1-2H3,(H,23,24,25);/q;+1/p-1. The Hall–Kier alpha value is -0.310. The fraction of sp³-hybridized carbons (Fsp3) is 0.900. The van der Waals surface area contributed by atoms with Crippen LogP contribution in [0.1, 0.15) is 46.0 Å². The minimum Gasteiger partial charge on any atom is -0.747 e. The summed E-state index contributed by atoms with van der Waals surface area (Å²) in [6.07, 6.45) is 3.04. The van der Waals surface area contributed by atoms with Gasteiger partial charge in [0.1, 0.15) is 23.3 Å². The zero-order valence-electron chi connectivity index (χ0n) is 20.1. The van der Waals surface area contributed by atoms with Crippen LogP contribution in [0.25, 0.3) is 0 Å².